The maximum atomic E-state index is 5.38. The van der Waals surface area contributed by atoms with Crippen molar-refractivity contribution in [3.8, 4) is 5.75 Å². The van der Waals surface area contributed by atoms with Gasteiger partial charge >= 0.3 is 0 Å². The topological polar surface area (TPSA) is 58.5 Å². The standard InChI is InChI=1S/C19H26N4O.HI/c1-4-20-19(23-14-17-7-5-6-11-21-17)22-12-10-16-9-8-15(2)18(13-16)24-3;/h5-9,11,13H,4,10,12,14H2,1-3H3,(H2,20,22,23);1H. The van der Waals surface area contributed by atoms with Crippen LogP contribution in [0.15, 0.2) is 47.6 Å². The number of pyridine rings is 1. The zero-order chi connectivity index (χ0) is 17.2. The fourth-order valence-corrected chi connectivity index (χ4v) is 2.34. The highest BCUT2D eigenvalue weighted by Gasteiger charge is 2.02. The zero-order valence-corrected chi connectivity index (χ0v) is 17.4. The third-order valence-corrected chi connectivity index (χ3v) is 3.65. The van der Waals surface area contributed by atoms with E-state index < -0.39 is 0 Å². The van der Waals surface area contributed by atoms with Gasteiger partial charge in [-0.15, -0.1) is 24.0 Å². The predicted molar refractivity (Wildman–Crippen MR) is 114 cm³/mol. The third kappa shape index (κ3) is 7.29. The molecule has 0 spiro atoms. The second-order valence-electron chi connectivity index (χ2n) is 5.50. The van der Waals surface area contributed by atoms with Gasteiger partial charge in [-0.25, -0.2) is 4.99 Å². The lowest BCUT2D eigenvalue weighted by molar-refractivity contribution is 0.411. The van der Waals surface area contributed by atoms with E-state index in [9.17, 15) is 0 Å². The van der Waals surface area contributed by atoms with Crippen molar-refractivity contribution in [2.24, 2.45) is 4.99 Å². The molecule has 0 radical (unpaired) electrons. The lowest BCUT2D eigenvalue weighted by atomic mass is 10.1. The van der Waals surface area contributed by atoms with Crippen molar-refractivity contribution >= 4 is 29.9 Å². The lowest BCUT2D eigenvalue weighted by Crippen LogP contribution is -2.38. The number of aromatic nitrogens is 1. The summed E-state index contributed by atoms with van der Waals surface area (Å²) in [5.41, 5.74) is 3.35. The molecule has 25 heavy (non-hydrogen) atoms. The SMILES string of the molecule is CCNC(=NCc1ccccn1)NCCc1ccc(C)c(OC)c1.I. The van der Waals surface area contributed by atoms with Crippen LogP contribution in [0.25, 0.3) is 0 Å². The smallest absolute Gasteiger partial charge is 0.191 e. The minimum atomic E-state index is 0. The Kier molecular flexibility index (Phi) is 9.91. The summed E-state index contributed by atoms with van der Waals surface area (Å²) in [5.74, 6) is 1.74. The van der Waals surface area contributed by atoms with Gasteiger partial charge in [-0.2, -0.15) is 0 Å². The molecule has 2 aromatic rings. The molecule has 0 aliphatic rings. The van der Waals surface area contributed by atoms with Gasteiger partial charge in [0.2, 0.25) is 0 Å². The van der Waals surface area contributed by atoms with Gasteiger partial charge < -0.3 is 15.4 Å². The highest BCUT2D eigenvalue weighted by Crippen LogP contribution is 2.18. The maximum absolute atomic E-state index is 5.38. The number of nitrogens with one attached hydrogen (secondary N) is 2. The Hall–Kier alpha value is -1.83. The summed E-state index contributed by atoms with van der Waals surface area (Å²) in [7, 11) is 1.71. The summed E-state index contributed by atoms with van der Waals surface area (Å²) >= 11 is 0. The Morgan fingerprint density at radius 2 is 2.04 bits per heavy atom. The molecule has 0 fully saturated rings. The molecule has 0 bridgehead atoms. The van der Waals surface area contributed by atoms with Crippen LogP contribution in [0.3, 0.4) is 0 Å². The summed E-state index contributed by atoms with van der Waals surface area (Å²) in [4.78, 5) is 8.86. The number of halogens is 1. The Morgan fingerprint density at radius 3 is 2.72 bits per heavy atom. The number of rotatable bonds is 7. The van der Waals surface area contributed by atoms with Gasteiger partial charge in [0.15, 0.2) is 5.96 Å². The lowest BCUT2D eigenvalue weighted by Gasteiger charge is -2.12. The van der Waals surface area contributed by atoms with Gasteiger partial charge in [0.05, 0.1) is 19.3 Å². The van der Waals surface area contributed by atoms with Crippen molar-refractivity contribution in [2.45, 2.75) is 26.8 Å². The molecule has 1 aromatic carbocycles. The molecule has 0 unspecified atom stereocenters. The van der Waals surface area contributed by atoms with E-state index in [0.29, 0.717) is 6.54 Å². The molecule has 2 rings (SSSR count). The van der Waals surface area contributed by atoms with E-state index in [1.807, 2.05) is 18.2 Å². The van der Waals surface area contributed by atoms with Gasteiger partial charge in [0.1, 0.15) is 5.75 Å². The predicted octanol–water partition coefficient (Wildman–Crippen LogP) is 3.31. The van der Waals surface area contributed by atoms with Crippen LogP contribution in [0.2, 0.25) is 0 Å². The van der Waals surface area contributed by atoms with Crippen LogP contribution in [0, 0.1) is 6.92 Å². The molecule has 0 aliphatic heterocycles. The fourth-order valence-electron chi connectivity index (χ4n) is 2.34. The summed E-state index contributed by atoms with van der Waals surface area (Å²) in [6.07, 6.45) is 2.70. The average molecular weight is 454 g/mol. The normalized spacial score (nSPS) is 10.8. The fraction of sp³-hybridized carbons (Fsp3) is 0.368. The third-order valence-electron chi connectivity index (χ3n) is 3.65. The van der Waals surface area contributed by atoms with Crippen molar-refractivity contribution < 1.29 is 4.74 Å². The second-order valence-corrected chi connectivity index (χ2v) is 5.50. The first-order valence-corrected chi connectivity index (χ1v) is 8.28. The van der Waals surface area contributed by atoms with Crippen LogP contribution in [-0.4, -0.2) is 31.1 Å². The van der Waals surface area contributed by atoms with E-state index in [2.05, 4.69) is 52.7 Å². The van der Waals surface area contributed by atoms with Crippen molar-refractivity contribution in [3.63, 3.8) is 0 Å². The molecule has 1 heterocycles. The molecule has 5 nitrogen and oxygen atoms in total. The molecule has 136 valence electrons. The molecule has 0 atom stereocenters. The van der Waals surface area contributed by atoms with Crippen LogP contribution >= 0.6 is 24.0 Å². The summed E-state index contributed by atoms with van der Waals surface area (Å²) in [6, 6.07) is 12.2. The Morgan fingerprint density at radius 1 is 1.20 bits per heavy atom. The highest BCUT2D eigenvalue weighted by molar-refractivity contribution is 14.0. The molecular weight excluding hydrogens is 427 g/mol. The van der Waals surface area contributed by atoms with Gasteiger partial charge in [0, 0.05) is 19.3 Å². The van der Waals surface area contributed by atoms with E-state index in [4.69, 9.17) is 4.74 Å². The van der Waals surface area contributed by atoms with Crippen molar-refractivity contribution in [1.82, 2.24) is 15.6 Å². The maximum Gasteiger partial charge on any atom is 0.191 e. The van der Waals surface area contributed by atoms with Crippen molar-refractivity contribution in [2.75, 3.05) is 20.2 Å². The monoisotopic (exact) mass is 454 g/mol. The Labute approximate surface area is 167 Å². The molecule has 1 aromatic heterocycles. The quantitative estimate of drug-likeness (QED) is 0.383. The largest absolute Gasteiger partial charge is 0.496 e. The Balaban J connectivity index is 0.00000312. The van der Waals surface area contributed by atoms with Gasteiger partial charge in [0.25, 0.3) is 0 Å². The number of hydrogen-bond donors (Lipinski definition) is 2. The second kappa shape index (κ2) is 11.7. The van der Waals surface area contributed by atoms with Crippen LogP contribution in [0.1, 0.15) is 23.7 Å². The van der Waals surface area contributed by atoms with Gasteiger partial charge in [-0.3, -0.25) is 4.98 Å². The van der Waals surface area contributed by atoms with E-state index in [1.54, 1.807) is 13.3 Å². The van der Waals surface area contributed by atoms with Gasteiger partial charge in [-0.1, -0.05) is 18.2 Å². The first kappa shape index (κ1) is 21.2. The van der Waals surface area contributed by atoms with Crippen LogP contribution in [0.5, 0.6) is 5.75 Å². The number of ether oxygens (including phenoxy) is 1. The van der Waals surface area contributed by atoms with Crippen LogP contribution in [-0.2, 0) is 13.0 Å². The minimum Gasteiger partial charge on any atom is -0.496 e. The van der Waals surface area contributed by atoms with Crippen molar-refractivity contribution in [3.05, 3.63) is 59.4 Å². The van der Waals surface area contributed by atoms with Crippen molar-refractivity contribution in [1.29, 1.82) is 0 Å². The number of aliphatic imine (C=N–C) groups is 1. The molecule has 0 aliphatic carbocycles. The number of benzene rings is 1. The molecular formula is C19H27IN4O. The minimum absolute atomic E-state index is 0. The number of methoxy groups -OCH3 is 1. The first-order valence-electron chi connectivity index (χ1n) is 8.28. The number of hydrogen-bond acceptors (Lipinski definition) is 3. The number of aryl methyl sites for hydroxylation is 1. The van der Waals surface area contributed by atoms with Crippen LogP contribution in [0.4, 0.5) is 0 Å². The van der Waals surface area contributed by atoms with E-state index in [1.165, 1.54) is 5.56 Å². The molecule has 0 amide bonds. The first-order chi connectivity index (χ1) is 11.7. The summed E-state index contributed by atoms with van der Waals surface area (Å²) in [5, 5.41) is 6.62. The number of guanidine groups is 1. The van der Waals surface area contributed by atoms with E-state index in [-0.39, 0.29) is 24.0 Å². The zero-order valence-electron chi connectivity index (χ0n) is 15.1. The molecule has 0 saturated heterocycles. The van der Waals surface area contributed by atoms with E-state index >= 15 is 0 Å². The Bertz CT molecular complexity index is 662. The average Bonchev–Trinajstić information content (AvgIpc) is 2.62. The summed E-state index contributed by atoms with van der Waals surface area (Å²) in [6.45, 7) is 6.30. The van der Waals surface area contributed by atoms with Gasteiger partial charge in [-0.05, 0) is 49.6 Å². The molecule has 6 heteroatoms. The highest BCUT2D eigenvalue weighted by atomic mass is 127. The summed E-state index contributed by atoms with van der Waals surface area (Å²) < 4.78 is 5.38. The molecule has 0 saturated carbocycles. The van der Waals surface area contributed by atoms with E-state index in [0.717, 1.165) is 42.5 Å². The molecule has 2 N–H and O–H groups in total. The van der Waals surface area contributed by atoms with Crippen LogP contribution < -0.4 is 15.4 Å². The number of nitrogens with zero attached hydrogens (tertiary/aromatic N) is 2.